The van der Waals surface area contributed by atoms with Crippen LogP contribution in [0.25, 0.3) is 0 Å². The predicted octanol–water partition coefficient (Wildman–Crippen LogP) is 0.995. The number of ether oxygens (including phenoxy) is 1. The van der Waals surface area contributed by atoms with Crippen molar-refractivity contribution in [3.63, 3.8) is 0 Å². The third-order valence-electron chi connectivity index (χ3n) is 3.10. The van der Waals surface area contributed by atoms with E-state index in [1.54, 1.807) is 19.9 Å². The SMILES string of the molecule is Cc1cc(S(=O)(=O)N[C@H]2COC[C@@H]2O)c(C)cc1Cl. The fraction of sp³-hybridized carbons (Fsp3) is 0.500. The van der Waals surface area contributed by atoms with Crippen LogP contribution >= 0.6 is 11.6 Å². The largest absolute Gasteiger partial charge is 0.389 e. The summed E-state index contributed by atoms with van der Waals surface area (Å²) in [6.45, 7) is 3.74. The monoisotopic (exact) mass is 305 g/mol. The average molecular weight is 306 g/mol. The van der Waals surface area contributed by atoms with Gasteiger partial charge >= 0.3 is 0 Å². The Bertz CT molecular complexity index is 588. The molecule has 2 atom stereocenters. The molecule has 1 heterocycles. The van der Waals surface area contributed by atoms with Crippen LogP contribution in [0.5, 0.6) is 0 Å². The molecule has 0 unspecified atom stereocenters. The van der Waals surface area contributed by atoms with Gasteiger partial charge in [0, 0.05) is 5.02 Å². The van der Waals surface area contributed by atoms with Crippen LogP contribution in [0, 0.1) is 13.8 Å². The lowest BCUT2D eigenvalue weighted by atomic mass is 10.2. The number of hydrogen-bond acceptors (Lipinski definition) is 4. The number of aryl methyl sites for hydroxylation is 2. The van der Waals surface area contributed by atoms with Crippen molar-refractivity contribution in [1.29, 1.82) is 0 Å². The minimum atomic E-state index is -3.70. The van der Waals surface area contributed by atoms with E-state index in [1.165, 1.54) is 6.07 Å². The van der Waals surface area contributed by atoms with Crippen molar-refractivity contribution >= 4 is 21.6 Å². The molecule has 0 aliphatic carbocycles. The summed E-state index contributed by atoms with van der Waals surface area (Å²) in [6.07, 6.45) is -0.816. The molecule has 1 aromatic carbocycles. The lowest BCUT2D eigenvalue weighted by Crippen LogP contribution is -2.42. The first-order chi connectivity index (χ1) is 8.81. The molecule has 0 aromatic heterocycles. The summed E-state index contributed by atoms with van der Waals surface area (Å²) in [5.74, 6) is 0. The quantitative estimate of drug-likeness (QED) is 0.873. The van der Waals surface area contributed by atoms with E-state index in [-0.39, 0.29) is 18.1 Å². The van der Waals surface area contributed by atoms with Crippen LogP contribution in [0.2, 0.25) is 5.02 Å². The van der Waals surface area contributed by atoms with Crippen molar-refractivity contribution in [1.82, 2.24) is 4.72 Å². The molecule has 1 aliphatic heterocycles. The second-order valence-electron chi connectivity index (χ2n) is 4.70. The molecular weight excluding hydrogens is 290 g/mol. The van der Waals surface area contributed by atoms with Gasteiger partial charge in [-0.05, 0) is 37.1 Å². The fourth-order valence-corrected chi connectivity index (χ4v) is 3.75. The van der Waals surface area contributed by atoms with E-state index in [2.05, 4.69) is 4.72 Å². The first kappa shape index (κ1) is 14.7. The van der Waals surface area contributed by atoms with Gasteiger partial charge in [0.15, 0.2) is 0 Å². The van der Waals surface area contributed by atoms with E-state index in [9.17, 15) is 13.5 Å². The zero-order chi connectivity index (χ0) is 14.2. The number of halogens is 1. The van der Waals surface area contributed by atoms with Crippen molar-refractivity contribution in [2.24, 2.45) is 0 Å². The van der Waals surface area contributed by atoms with Gasteiger partial charge < -0.3 is 9.84 Å². The molecule has 1 fully saturated rings. The van der Waals surface area contributed by atoms with Gasteiger partial charge in [-0.25, -0.2) is 13.1 Å². The Labute approximate surface area is 117 Å². The highest BCUT2D eigenvalue weighted by Gasteiger charge is 2.31. The molecule has 106 valence electrons. The number of sulfonamides is 1. The minimum absolute atomic E-state index is 0.145. The Hall–Kier alpha value is -0.660. The highest BCUT2D eigenvalue weighted by molar-refractivity contribution is 7.89. The maximum absolute atomic E-state index is 12.3. The number of benzene rings is 1. The van der Waals surface area contributed by atoms with Crippen LogP contribution in [-0.2, 0) is 14.8 Å². The fourth-order valence-electron chi connectivity index (χ4n) is 1.96. The van der Waals surface area contributed by atoms with Crippen LogP contribution in [-0.4, -0.2) is 38.9 Å². The summed E-state index contributed by atoms with van der Waals surface area (Å²) in [4.78, 5) is 0.175. The Morgan fingerprint density at radius 2 is 2.00 bits per heavy atom. The lowest BCUT2D eigenvalue weighted by molar-refractivity contribution is 0.124. The van der Waals surface area contributed by atoms with E-state index < -0.39 is 22.2 Å². The van der Waals surface area contributed by atoms with Crippen molar-refractivity contribution in [3.05, 3.63) is 28.3 Å². The second-order valence-corrected chi connectivity index (χ2v) is 6.79. The molecule has 19 heavy (non-hydrogen) atoms. The molecule has 0 saturated carbocycles. The maximum Gasteiger partial charge on any atom is 0.241 e. The third-order valence-corrected chi connectivity index (χ3v) is 5.14. The molecule has 7 heteroatoms. The number of nitrogens with one attached hydrogen (secondary N) is 1. The zero-order valence-corrected chi connectivity index (χ0v) is 12.3. The van der Waals surface area contributed by atoms with E-state index in [1.807, 2.05) is 0 Å². The van der Waals surface area contributed by atoms with Gasteiger partial charge in [-0.2, -0.15) is 0 Å². The Morgan fingerprint density at radius 3 is 2.58 bits per heavy atom. The third kappa shape index (κ3) is 3.09. The summed E-state index contributed by atoms with van der Waals surface area (Å²) in [7, 11) is -3.70. The first-order valence-corrected chi connectivity index (χ1v) is 7.72. The van der Waals surface area contributed by atoms with Crippen LogP contribution in [0.4, 0.5) is 0 Å². The summed E-state index contributed by atoms with van der Waals surface area (Å²) in [5.41, 5.74) is 1.26. The van der Waals surface area contributed by atoms with Gasteiger partial charge in [0.05, 0.1) is 30.3 Å². The molecule has 0 spiro atoms. The number of aliphatic hydroxyl groups excluding tert-OH is 1. The van der Waals surface area contributed by atoms with Gasteiger partial charge in [-0.1, -0.05) is 11.6 Å². The molecule has 2 N–H and O–H groups in total. The Kier molecular flexibility index (Phi) is 4.17. The second kappa shape index (κ2) is 5.38. The van der Waals surface area contributed by atoms with Gasteiger partial charge in [0.2, 0.25) is 10.0 Å². The van der Waals surface area contributed by atoms with Crippen LogP contribution in [0.15, 0.2) is 17.0 Å². The minimum Gasteiger partial charge on any atom is -0.389 e. The number of hydrogen-bond donors (Lipinski definition) is 2. The smallest absolute Gasteiger partial charge is 0.241 e. The summed E-state index contributed by atoms with van der Waals surface area (Å²) >= 11 is 5.95. The van der Waals surface area contributed by atoms with Crippen LogP contribution in [0.1, 0.15) is 11.1 Å². The number of aliphatic hydroxyl groups is 1. The molecule has 0 bridgehead atoms. The van der Waals surface area contributed by atoms with Crippen LogP contribution < -0.4 is 4.72 Å². The zero-order valence-electron chi connectivity index (χ0n) is 10.7. The first-order valence-electron chi connectivity index (χ1n) is 5.86. The maximum atomic E-state index is 12.3. The van der Waals surface area contributed by atoms with E-state index >= 15 is 0 Å². The molecule has 1 aliphatic rings. The van der Waals surface area contributed by atoms with Crippen LogP contribution in [0.3, 0.4) is 0 Å². The molecule has 2 rings (SSSR count). The van der Waals surface area contributed by atoms with Gasteiger partial charge in [-0.3, -0.25) is 0 Å². The summed E-state index contributed by atoms with van der Waals surface area (Å²) in [5, 5.41) is 10.1. The van der Waals surface area contributed by atoms with Gasteiger partial charge in [-0.15, -0.1) is 0 Å². The van der Waals surface area contributed by atoms with Gasteiger partial charge in [0.25, 0.3) is 0 Å². The lowest BCUT2D eigenvalue weighted by Gasteiger charge is -2.16. The highest BCUT2D eigenvalue weighted by atomic mass is 35.5. The van der Waals surface area contributed by atoms with E-state index in [0.29, 0.717) is 16.1 Å². The standard InChI is InChI=1S/C12H16ClNO4S/c1-7-4-12(8(2)3-9(7)13)19(16,17)14-10-5-18-6-11(10)15/h3-4,10-11,14-15H,5-6H2,1-2H3/t10-,11-/m0/s1. The molecule has 1 aromatic rings. The Balaban J connectivity index is 2.32. The van der Waals surface area contributed by atoms with E-state index in [0.717, 1.165) is 0 Å². The molecule has 5 nitrogen and oxygen atoms in total. The van der Waals surface area contributed by atoms with E-state index in [4.69, 9.17) is 16.3 Å². The molecule has 0 amide bonds. The van der Waals surface area contributed by atoms with Crippen molar-refractivity contribution in [2.75, 3.05) is 13.2 Å². The average Bonchev–Trinajstić information content (AvgIpc) is 2.69. The topological polar surface area (TPSA) is 75.6 Å². The normalized spacial score (nSPS) is 23.8. The molecule has 0 radical (unpaired) electrons. The number of rotatable bonds is 3. The van der Waals surface area contributed by atoms with Gasteiger partial charge in [0.1, 0.15) is 0 Å². The molecule has 1 saturated heterocycles. The summed E-state index contributed by atoms with van der Waals surface area (Å²) < 4.78 is 32.1. The van der Waals surface area contributed by atoms with Crippen molar-refractivity contribution in [2.45, 2.75) is 30.9 Å². The van der Waals surface area contributed by atoms with Crippen molar-refractivity contribution < 1.29 is 18.3 Å². The highest BCUT2D eigenvalue weighted by Crippen LogP contribution is 2.24. The molecular formula is C12H16ClNO4S. The summed E-state index contributed by atoms with van der Waals surface area (Å²) in [6, 6.07) is 2.54. The predicted molar refractivity (Wildman–Crippen MR) is 71.9 cm³/mol. The Morgan fingerprint density at radius 1 is 1.32 bits per heavy atom. The van der Waals surface area contributed by atoms with Crippen molar-refractivity contribution in [3.8, 4) is 0 Å².